The quantitative estimate of drug-likeness (QED) is 0.481. The molecular formula is C19H17BO2S. The van der Waals surface area contributed by atoms with E-state index in [4.69, 9.17) is 27.9 Å². The lowest BCUT2D eigenvalue weighted by atomic mass is 9.75. The van der Waals surface area contributed by atoms with E-state index in [0.717, 1.165) is 21.8 Å². The molecule has 1 atom stereocenters. The van der Waals surface area contributed by atoms with Crippen LogP contribution in [0.5, 0.6) is 0 Å². The van der Waals surface area contributed by atoms with Crippen LogP contribution in [0.3, 0.4) is 0 Å². The molecule has 0 spiro atoms. The van der Waals surface area contributed by atoms with Gasteiger partial charge in [0.05, 0.1) is 5.60 Å². The molecule has 0 saturated carbocycles. The topological polar surface area (TPSA) is 18.5 Å². The molecule has 2 nitrogen and oxygen atoms in total. The van der Waals surface area contributed by atoms with Crippen molar-refractivity contribution in [1.29, 1.82) is 0 Å². The van der Waals surface area contributed by atoms with Crippen molar-refractivity contribution in [1.82, 2.24) is 0 Å². The van der Waals surface area contributed by atoms with Gasteiger partial charge in [-0.2, -0.15) is 0 Å². The van der Waals surface area contributed by atoms with Crippen LogP contribution in [0.2, 0.25) is 0 Å². The van der Waals surface area contributed by atoms with Crippen LogP contribution < -0.4 is 5.46 Å². The first-order chi connectivity index (χ1) is 10.9. The zero-order valence-electron chi connectivity index (χ0n) is 13.4. The van der Waals surface area contributed by atoms with Crippen LogP contribution in [0, 0.1) is 12.3 Å². The van der Waals surface area contributed by atoms with Crippen LogP contribution in [0.25, 0.3) is 10.8 Å². The summed E-state index contributed by atoms with van der Waals surface area (Å²) in [6, 6.07) is 12.0. The Bertz CT molecular complexity index is 856. The Balaban J connectivity index is 2.16. The van der Waals surface area contributed by atoms with Gasteiger partial charge in [0.2, 0.25) is 0 Å². The third-order valence-electron chi connectivity index (χ3n) is 4.63. The molecule has 0 aliphatic carbocycles. The molecule has 0 bridgehead atoms. The molecule has 2 aromatic carbocycles. The highest BCUT2D eigenvalue weighted by Gasteiger charge is 2.53. The van der Waals surface area contributed by atoms with Gasteiger partial charge in [0.1, 0.15) is 5.60 Å². The first kappa shape index (κ1) is 16.0. The Morgan fingerprint density at radius 2 is 1.83 bits per heavy atom. The number of fused-ring (bicyclic) bond motifs is 1. The van der Waals surface area contributed by atoms with Crippen molar-refractivity contribution >= 4 is 40.6 Å². The van der Waals surface area contributed by atoms with Crippen LogP contribution in [0.15, 0.2) is 42.5 Å². The number of hydrogen-bond donors (Lipinski definition) is 0. The lowest BCUT2D eigenvalue weighted by Gasteiger charge is -2.32. The van der Waals surface area contributed by atoms with Gasteiger partial charge in [-0.15, -0.1) is 6.42 Å². The first-order valence-corrected chi connectivity index (χ1v) is 7.88. The summed E-state index contributed by atoms with van der Waals surface area (Å²) >= 11 is 4.87. The fraction of sp³-hybridized carbons (Fsp3) is 0.263. The summed E-state index contributed by atoms with van der Waals surface area (Å²) in [5, 5.41) is 4.72. The summed E-state index contributed by atoms with van der Waals surface area (Å²) < 4.78 is 12.4. The standard InChI is InChI=1S/C19H17BO2S/c1-5-14-8-6-9-15-10-7-11-16(17(14)15)20-21-18(2,3)19(4,22-20)12-13-23/h1,6-12H,2-4H3. The van der Waals surface area contributed by atoms with Crippen molar-refractivity contribution in [2.45, 2.75) is 32.0 Å². The first-order valence-electron chi connectivity index (χ1n) is 7.48. The van der Waals surface area contributed by atoms with E-state index in [0.29, 0.717) is 0 Å². The van der Waals surface area contributed by atoms with Crippen molar-refractivity contribution in [3.05, 3.63) is 48.0 Å². The van der Waals surface area contributed by atoms with E-state index in [1.807, 2.05) is 57.2 Å². The van der Waals surface area contributed by atoms with Gasteiger partial charge in [-0.25, -0.2) is 0 Å². The lowest BCUT2D eigenvalue weighted by molar-refractivity contribution is 0.0295. The maximum Gasteiger partial charge on any atom is 0.495 e. The van der Waals surface area contributed by atoms with Gasteiger partial charge in [0, 0.05) is 11.6 Å². The molecule has 0 amide bonds. The van der Waals surface area contributed by atoms with Crippen LogP contribution in [-0.2, 0) is 9.31 Å². The molecule has 0 aromatic heterocycles. The van der Waals surface area contributed by atoms with Crippen LogP contribution >= 0.6 is 12.2 Å². The van der Waals surface area contributed by atoms with Gasteiger partial charge < -0.3 is 9.31 Å². The van der Waals surface area contributed by atoms with Crippen LogP contribution in [0.1, 0.15) is 26.3 Å². The number of thiocarbonyl (C=S) groups is 1. The molecular weight excluding hydrogens is 303 g/mol. The minimum Gasteiger partial charge on any atom is -0.399 e. The summed E-state index contributed by atoms with van der Waals surface area (Å²) in [7, 11) is -0.507. The van der Waals surface area contributed by atoms with E-state index >= 15 is 0 Å². The molecule has 0 N–H and O–H groups in total. The Kier molecular flexibility index (Phi) is 3.92. The SMILES string of the molecule is C#Cc1cccc2cccc(B3OC(C)(C)C(C)(C=C=S)O3)c12. The van der Waals surface area contributed by atoms with Gasteiger partial charge in [-0.1, -0.05) is 36.3 Å². The highest BCUT2D eigenvalue weighted by atomic mass is 32.1. The second-order valence-electron chi connectivity index (χ2n) is 6.34. The van der Waals surface area contributed by atoms with Crippen molar-refractivity contribution in [2.75, 3.05) is 0 Å². The zero-order valence-corrected chi connectivity index (χ0v) is 14.2. The molecule has 114 valence electrons. The average molecular weight is 320 g/mol. The minimum absolute atomic E-state index is 0.507. The molecule has 1 heterocycles. The molecule has 1 unspecified atom stereocenters. The van der Waals surface area contributed by atoms with E-state index in [1.165, 1.54) is 0 Å². The predicted octanol–water partition coefficient (Wildman–Crippen LogP) is 3.26. The minimum atomic E-state index is -0.646. The molecule has 3 rings (SSSR count). The molecule has 0 radical (unpaired) electrons. The highest BCUT2D eigenvalue weighted by Crippen LogP contribution is 2.38. The largest absolute Gasteiger partial charge is 0.495 e. The summed E-state index contributed by atoms with van der Waals surface area (Å²) in [6.45, 7) is 5.94. The third kappa shape index (κ3) is 2.53. The fourth-order valence-electron chi connectivity index (χ4n) is 2.91. The Morgan fingerprint density at radius 1 is 1.13 bits per heavy atom. The van der Waals surface area contributed by atoms with Gasteiger partial charge in [0.25, 0.3) is 0 Å². The van der Waals surface area contributed by atoms with Crippen molar-refractivity contribution < 1.29 is 9.31 Å². The number of terminal acetylenes is 1. The van der Waals surface area contributed by atoms with Crippen molar-refractivity contribution in [3.63, 3.8) is 0 Å². The third-order valence-corrected chi connectivity index (χ3v) is 4.75. The van der Waals surface area contributed by atoms with E-state index in [9.17, 15) is 0 Å². The van der Waals surface area contributed by atoms with Crippen LogP contribution in [-0.4, -0.2) is 23.3 Å². The predicted molar refractivity (Wildman–Crippen MR) is 99.1 cm³/mol. The highest BCUT2D eigenvalue weighted by molar-refractivity contribution is 7.78. The maximum atomic E-state index is 6.22. The molecule has 4 heteroatoms. The summed E-state index contributed by atoms with van der Waals surface area (Å²) in [6.07, 6.45) is 7.42. The van der Waals surface area contributed by atoms with Gasteiger partial charge in [0.15, 0.2) is 0 Å². The van der Waals surface area contributed by atoms with E-state index in [-0.39, 0.29) is 0 Å². The molecule has 1 saturated heterocycles. The van der Waals surface area contributed by atoms with E-state index in [1.54, 1.807) is 6.08 Å². The normalized spacial score (nSPS) is 22.6. The second kappa shape index (κ2) is 5.63. The van der Waals surface area contributed by atoms with Gasteiger partial charge in [-0.3, -0.25) is 0 Å². The Morgan fingerprint density at radius 3 is 2.48 bits per heavy atom. The number of benzene rings is 2. The lowest BCUT2D eigenvalue weighted by Crippen LogP contribution is -2.43. The van der Waals surface area contributed by atoms with Crippen molar-refractivity contribution in [3.8, 4) is 12.3 Å². The number of rotatable bonds is 2. The van der Waals surface area contributed by atoms with Crippen LogP contribution in [0.4, 0.5) is 0 Å². The van der Waals surface area contributed by atoms with Gasteiger partial charge in [-0.05, 0) is 60.3 Å². The number of hydrogen-bond acceptors (Lipinski definition) is 3. The summed E-state index contributed by atoms with van der Waals surface area (Å²) in [5.41, 5.74) is 0.594. The average Bonchev–Trinajstić information content (AvgIpc) is 2.76. The Labute approximate surface area is 142 Å². The fourth-order valence-corrected chi connectivity index (χ4v) is 3.13. The second-order valence-corrected chi connectivity index (χ2v) is 6.58. The monoisotopic (exact) mass is 320 g/mol. The maximum absolute atomic E-state index is 6.22. The molecule has 1 fully saturated rings. The Hall–Kier alpha value is -1.89. The summed E-state index contributed by atoms with van der Waals surface area (Å²) in [5.74, 6) is 2.75. The van der Waals surface area contributed by atoms with Gasteiger partial charge >= 0.3 is 7.12 Å². The van der Waals surface area contributed by atoms with Crippen molar-refractivity contribution in [2.24, 2.45) is 0 Å². The smallest absolute Gasteiger partial charge is 0.399 e. The zero-order chi connectivity index (χ0) is 16.7. The van der Waals surface area contributed by atoms with E-state index in [2.05, 4.69) is 10.9 Å². The molecule has 2 aromatic rings. The van der Waals surface area contributed by atoms with E-state index < -0.39 is 18.3 Å². The molecule has 1 aliphatic heterocycles. The molecule has 1 aliphatic rings. The molecule has 23 heavy (non-hydrogen) atoms. The summed E-state index contributed by atoms with van der Waals surface area (Å²) in [4.78, 5) is 0.